The summed E-state index contributed by atoms with van der Waals surface area (Å²) < 4.78 is 0. The Labute approximate surface area is 99.3 Å². The van der Waals surface area contributed by atoms with Gasteiger partial charge in [-0.05, 0) is 26.0 Å². The van der Waals surface area contributed by atoms with E-state index in [1.807, 2.05) is 0 Å². The first-order chi connectivity index (χ1) is 7.70. The molecule has 0 aliphatic heterocycles. The van der Waals surface area contributed by atoms with E-state index in [0.29, 0.717) is 6.54 Å². The summed E-state index contributed by atoms with van der Waals surface area (Å²) in [5, 5.41) is 10.3. The number of hydrogen-bond acceptors (Lipinski definition) is 4. The number of benzene rings is 1. The molecule has 0 aliphatic rings. The molecule has 3 nitrogen and oxygen atoms in total. The molecule has 1 heterocycles. The normalized spacial score (nSPS) is 10.7. The minimum atomic E-state index is 0.627. The fourth-order valence-corrected chi connectivity index (χ4v) is 2.59. The first kappa shape index (κ1) is 11.2. The summed E-state index contributed by atoms with van der Waals surface area (Å²) in [5.74, 6) is 0. The van der Waals surface area contributed by atoms with Crippen LogP contribution in [0.5, 0.6) is 0 Å². The monoisotopic (exact) mass is 233 g/mol. The maximum absolute atomic E-state index is 5.50. The Morgan fingerprint density at radius 1 is 1.25 bits per heavy atom. The Kier molecular flexibility index (Phi) is 3.31. The van der Waals surface area contributed by atoms with Gasteiger partial charge in [-0.15, -0.1) is 10.2 Å². The predicted molar refractivity (Wildman–Crippen MR) is 67.6 cm³/mol. The van der Waals surface area contributed by atoms with Crippen molar-refractivity contribution in [3.63, 3.8) is 0 Å². The Hall–Kier alpha value is -1.26. The van der Waals surface area contributed by atoms with Crippen LogP contribution in [0.3, 0.4) is 0 Å². The Balaban J connectivity index is 2.35. The third kappa shape index (κ3) is 2.28. The molecule has 4 heteroatoms. The van der Waals surface area contributed by atoms with Crippen LogP contribution in [-0.4, -0.2) is 16.7 Å². The highest BCUT2D eigenvalue weighted by Gasteiger charge is 2.08. The third-order valence-corrected chi connectivity index (χ3v) is 3.45. The summed E-state index contributed by atoms with van der Waals surface area (Å²) in [6, 6.07) is 6.38. The Morgan fingerprint density at radius 2 is 2.06 bits per heavy atom. The molecule has 0 saturated carbocycles. The van der Waals surface area contributed by atoms with Crippen LogP contribution in [0.1, 0.15) is 16.1 Å². The summed E-state index contributed by atoms with van der Waals surface area (Å²) in [6.07, 6.45) is 0.808. The van der Waals surface area contributed by atoms with E-state index in [-0.39, 0.29) is 0 Å². The van der Waals surface area contributed by atoms with E-state index in [9.17, 15) is 0 Å². The van der Waals surface area contributed by atoms with Gasteiger partial charge in [-0.1, -0.05) is 35.1 Å². The Morgan fingerprint density at radius 3 is 2.75 bits per heavy atom. The van der Waals surface area contributed by atoms with Crippen molar-refractivity contribution in [1.82, 2.24) is 10.2 Å². The second-order valence-corrected chi connectivity index (χ2v) is 4.92. The molecule has 0 bridgehead atoms. The van der Waals surface area contributed by atoms with Gasteiger partial charge >= 0.3 is 0 Å². The molecule has 0 unspecified atom stereocenters. The summed E-state index contributed by atoms with van der Waals surface area (Å²) in [7, 11) is 0. The first-order valence-corrected chi connectivity index (χ1v) is 6.12. The minimum absolute atomic E-state index is 0.627. The number of aryl methyl sites for hydroxylation is 2. The SMILES string of the molecule is Cc1ccc(-c2nnc(CCN)s2)c(C)c1. The first-order valence-electron chi connectivity index (χ1n) is 5.31. The highest BCUT2D eigenvalue weighted by molar-refractivity contribution is 7.14. The molecule has 1 aromatic heterocycles. The molecule has 2 aromatic rings. The number of aromatic nitrogens is 2. The lowest BCUT2D eigenvalue weighted by Crippen LogP contribution is -2.01. The molecule has 0 atom stereocenters. The molecule has 0 fully saturated rings. The van der Waals surface area contributed by atoms with Gasteiger partial charge in [0.1, 0.15) is 10.0 Å². The molecule has 2 rings (SSSR count). The van der Waals surface area contributed by atoms with Gasteiger partial charge < -0.3 is 5.73 Å². The zero-order valence-electron chi connectivity index (χ0n) is 9.53. The number of hydrogen-bond donors (Lipinski definition) is 1. The highest BCUT2D eigenvalue weighted by atomic mass is 32.1. The van der Waals surface area contributed by atoms with Crippen molar-refractivity contribution in [1.29, 1.82) is 0 Å². The van der Waals surface area contributed by atoms with Crippen molar-refractivity contribution >= 4 is 11.3 Å². The minimum Gasteiger partial charge on any atom is -0.330 e. The van der Waals surface area contributed by atoms with Crippen molar-refractivity contribution in [3.05, 3.63) is 34.3 Å². The maximum Gasteiger partial charge on any atom is 0.148 e. The molecular formula is C12H15N3S. The van der Waals surface area contributed by atoms with E-state index < -0.39 is 0 Å². The average Bonchev–Trinajstić information content (AvgIpc) is 2.67. The lowest BCUT2D eigenvalue weighted by Gasteiger charge is -2.02. The van der Waals surface area contributed by atoms with Gasteiger partial charge in [-0.25, -0.2) is 0 Å². The number of nitrogens with two attached hydrogens (primary N) is 1. The van der Waals surface area contributed by atoms with Crippen LogP contribution in [0.2, 0.25) is 0 Å². The van der Waals surface area contributed by atoms with Gasteiger partial charge in [0.2, 0.25) is 0 Å². The van der Waals surface area contributed by atoms with Crippen molar-refractivity contribution in [2.75, 3.05) is 6.54 Å². The van der Waals surface area contributed by atoms with E-state index in [0.717, 1.165) is 16.4 Å². The van der Waals surface area contributed by atoms with Crippen LogP contribution in [-0.2, 0) is 6.42 Å². The van der Waals surface area contributed by atoms with Crippen LogP contribution in [0, 0.1) is 13.8 Å². The van der Waals surface area contributed by atoms with E-state index in [1.165, 1.54) is 16.7 Å². The van der Waals surface area contributed by atoms with E-state index in [1.54, 1.807) is 11.3 Å². The summed E-state index contributed by atoms with van der Waals surface area (Å²) >= 11 is 1.63. The fraction of sp³-hybridized carbons (Fsp3) is 0.333. The largest absolute Gasteiger partial charge is 0.330 e. The van der Waals surface area contributed by atoms with Gasteiger partial charge in [0.15, 0.2) is 0 Å². The molecule has 0 spiro atoms. The highest BCUT2D eigenvalue weighted by Crippen LogP contribution is 2.27. The van der Waals surface area contributed by atoms with Gasteiger partial charge in [0, 0.05) is 12.0 Å². The third-order valence-electron chi connectivity index (χ3n) is 2.44. The Bertz CT molecular complexity index is 491. The predicted octanol–water partition coefficient (Wildman–Crippen LogP) is 2.32. The van der Waals surface area contributed by atoms with Crippen molar-refractivity contribution < 1.29 is 0 Å². The van der Waals surface area contributed by atoms with Crippen molar-refractivity contribution in [3.8, 4) is 10.6 Å². The average molecular weight is 233 g/mol. The second kappa shape index (κ2) is 4.72. The van der Waals surface area contributed by atoms with Crippen LogP contribution >= 0.6 is 11.3 Å². The van der Waals surface area contributed by atoms with Gasteiger partial charge in [0.05, 0.1) is 0 Å². The zero-order valence-corrected chi connectivity index (χ0v) is 10.3. The molecule has 1 aromatic carbocycles. The molecule has 84 valence electrons. The number of rotatable bonds is 3. The van der Waals surface area contributed by atoms with Crippen LogP contribution in [0.15, 0.2) is 18.2 Å². The molecule has 2 N–H and O–H groups in total. The lowest BCUT2D eigenvalue weighted by atomic mass is 10.1. The van der Waals surface area contributed by atoms with Gasteiger partial charge in [-0.3, -0.25) is 0 Å². The van der Waals surface area contributed by atoms with E-state index in [4.69, 9.17) is 5.73 Å². The topological polar surface area (TPSA) is 51.8 Å². The van der Waals surface area contributed by atoms with E-state index in [2.05, 4.69) is 42.2 Å². The lowest BCUT2D eigenvalue weighted by molar-refractivity contribution is 0.913. The van der Waals surface area contributed by atoms with Crippen molar-refractivity contribution in [2.24, 2.45) is 5.73 Å². The molecule has 0 radical (unpaired) electrons. The molecule has 0 saturated heterocycles. The van der Waals surface area contributed by atoms with Gasteiger partial charge in [-0.2, -0.15) is 0 Å². The molecule has 16 heavy (non-hydrogen) atoms. The smallest absolute Gasteiger partial charge is 0.148 e. The maximum atomic E-state index is 5.50. The quantitative estimate of drug-likeness (QED) is 0.885. The molecule has 0 aliphatic carbocycles. The van der Waals surface area contributed by atoms with Crippen LogP contribution in [0.4, 0.5) is 0 Å². The van der Waals surface area contributed by atoms with Gasteiger partial charge in [0.25, 0.3) is 0 Å². The van der Waals surface area contributed by atoms with Crippen LogP contribution < -0.4 is 5.73 Å². The number of nitrogens with zero attached hydrogens (tertiary/aromatic N) is 2. The molecule has 0 amide bonds. The molecular weight excluding hydrogens is 218 g/mol. The second-order valence-electron chi connectivity index (χ2n) is 3.86. The van der Waals surface area contributed by atoms with E-state index >= 15 is 0 Å². The summed E-state index contributed by atoms with van der Waals surface area (Å²) in [5.41, 5.74) is 9.19. The van der Waals surface area contributed by atoms with Crippen LogP contribution in [0.25, 0.3) is 10.6 Å². The van der Waals surface area contributed by atoms with Crippen molar-refractivity contribution in [2.45, 2.75) is 20.3 Å². The summed E-state index contributed by atoms with van der Waals surface area (Å²) in [6.45, 7) is 4.82. The standard InChI is InChI=1S/C12H15N3S/c1-8-3-4-10(9(2)7-8)12-15-14-11(16-12)5-6-13/h3-4,7H,5-6,13H2,1-2H3. The zero-order chi connectivity index (χ0) is 11.5. The fourth-order valence-electron chi connectivity index (χ4n) is 1.64. The summed E-state index contributed by atoms with van der Waals surface area (Å²) in [4.78, 5) is 0.